The first-order valence-electron chi connectivity index (χ1n) is 6.23. The fraction of sp³-hybridized carbons (Fsp3) is 0.917. The van der Waals surface area contributed by atoms with Crippen LogP contribution in [0.3, 0.4) is 0 Å². The van der Waals surface area contributed by atoms with E-state index in [1.165, 1.54) is 6.42 Å². The Morgan fingerprint density at radius 2 is 2.07 bits per heavy atom. The lowest BCUT2D eigenvalue weighted by atomic mass is 9.75. The predicted octanol–water partition coefficient (Wildman–Crippen LogP) is 1.95. The van der Waals surface area contributed by atoms with Gasteiger partial charge in [0.15, 0.2) is 0 Å². The highest BCUT2D eigenvalue weighted by molar-refractivity contribution is 5.76. The van der Waals surface area contributed by atoms with E-state index in [0.29, 0.717) is 6.42 Å². The van der Waals surface area contributed by atoms with Crippen LogP contribution < -0.4 is 11.1 Å². The summed E-state index contributed by atoms with van der Waals surface area (Å²) in [4.78, 5) is 11.6. The van der Waals surface area contributed by atoms with Crippen molar-refractivity contribution in [2.75, 3.05) is 6.54 Å². The Morgan fingerprint density at radius 1 is 1.33 bits per heavy atom. The third kappa shape index (κ3) is 3.82. The van der Waals surface area contributed by atoms with Crippen molar-refractivity contribution >= 4 is 5.91 Å². The lowest BCUT2D eigenvalue weighted by molar-refractivity contribution is -0.124. The molecule has 3 nitrogen and oxygen atoms in total. The predicted molar refractivity (Wildman–Crippen MR) is 62.5 cm³/mol. The quantitative estimate of drug-likeness (QED) is 0.634. The van der Waals surface area contributed by atoms with Gasteiger partial charge in [-0.2, -0.15) is 0 Å². The van der Waals surface area contributed by atoms with Crippen LogP contribution in [0.2, 0.25) is 0 Å². The van der Waals surface area contributed by atoms with E-state index < -0.39 is 0 Å². The largest absolute Gasteiger partial charge is 0.351 e. The fourth-order valence-corrected chi connectivity index (χ4v) is 2.14. The summed E-state index contributed by atoms with van der Waals surface area (Å²) < 4.78 is 0. The van der Waals surface area contributed by atoms with Crippen LogP contribution in [0, 0.1) is 0 Å². The maximum atomic E-state index is 11.6. The van der Waals surface area contributed by atoms with E-state index >= 15 is 0 Å². The topological polar surface area (TPSA) is 55.1 Å². The summed E-state index contributed by atoms with van der Waals surface area (Å²) in [5, 5.41) is 3.19. The van der Waals surface area contributed by atoms with Gasteiger partial charge in [0, 0.05) is 12.0 Å². The molecule has 0 heterocycles. The van der Waals surface area contributed by atoms with E-state index in [9.17, 15) is 4.79 Å². The van der Waals surface area contributed by atoms with Gasteiger partial charge in [-0.05, 0) is 45.1 Å². The molecule has 0 radical (unpaired) electrons. The third-order valence-electron chi connectivity index (χ3n) is 3.50. The van der Waals surface area contributed by atoms with Gasteiger partial charge in [0.1, 0.15) is 0 Å². The van der Waals surface area contributed by atoms with E-state index in [4.69, 9.17) is 5.73 Å². The Kier molecular flexibility index (Phi) is 5.09. The monoisotopic (exact) mass is 212 g/mol. The van der Waals surface area contributed by atoms with Crippen LogP contribution in [-0.4, -0.2) is 18.0 Å². The van der Waals surface area contributed by atoms with Crippen molar-refractivity contribution in [3.8, 4) is 0 Å². The van der Waals surface area contributed by atoms with Crippen molar-refractivity contribution in [1.29, 1.82) is 0 Å². The number of nitrogens with one attached hydrogen (secondary N) is 1. The summed E-state index contributed by atoms with van der Waals surface area (Å²) in [6.45, 7) is 2.90. The van der Waals surface area contributed by atoms with Crippen LogP contribution in [0.15, 0.2) is 0 Å². The SMILES string of the molecule is CCC1(NC(=O)CCCCCN)CCC1. The first-order chi connectivity index (χ1) is 7.22. The van der Waals surface area contributed by atoms with E-state index in [1.54, 1.807) is 0 Å². The molecule has 3 N–H and O–H groups in total. The molecule has 0 aliphatic heterocycles. The second-order valence-corrected chi connectivity index (χ2v) is 4.63. The molecule has 1 fully saturated rings. The molecule has 3 heteroatoms. The molecule has 1 amide bonds. The molecular weight excluding hydrogens is 188 g/mol. The maximum absolute atomic E-state index is 11.6. The van der Waals surface area contributed by atoms with Gasteiger partial charge in [-0.25, -0.2) is 0 Å². The van der Waals surface area contributed by atoms with Crippen LogP contribution in [0.4, 0.5) is 0 Å². The van der Waals surface area contributed by atoms with E-state index in [-0.39, 0.29) is 11.4 Å². The van der Waals surface area contributed by atoms with Crippen molar-refractivity contribution < 1.29 is 4.79 Å². The van der Waals surface area contributed by atoms with Crippen molar-refractivity contribution in [3.63, 3.8) is 0 Å². The zero-order valence-corrected chi connectivity index (χ0v) is 9.85. The molecule has 0 aromatic carbocycles. The van der Waals surface area contributed by atoms with Crippen molar-refractivity contribution in [2.45, 2.75) is 63.8 Å². The number of amides is 1. The zero-order chi connectivity index (χ0) is 11.1. The van der Waals surface area contributed by atoms with Gasteiger partial charge < -0.3 is 11.1 Å². The maximum Gasteiger partial charge on any atom is 0.220 e. The van der Waals surface area contributed by atoms with E-state index in [2.05, 4.69) is 12.2 Å². The summed E-state index contributed by atoms with van der Waals surface area (Å²) in [5.41, 5.74) is 5.56. The lowest BCUT2D eigenvalue weighted by Crippen LogP contribution is -2.52. The minimum Gasteiger partial charge on any atom is -0.351 e. The van der Waals surface area contributed by atoms with Crippen LogP contribution in [-0.2, 0) is 4.79 Å². The molecule has 0 saturated heterocycles. The second kappa shape index (κ2) is 6.11. The number of carbonyl (C=O) groups is 1. The summed E-state index contributed by atoms with van der Waals surface area (Å²) >= 11 is 0. The molecule has 1 aliphatic carbocycles. The number of carbonyl (C=O) groups excluding carboxylic acids is 1. The van der Waals surface area contributed by atoms with Gasteiger partial charge in [-0.3, -0.25) is 4.79 Å². The molecule has 1 aliphatic rings. The summed E-state index contributed by atoms with van der Waals surface area (Å²) in [6, 6.07) is 0. The first-order valence-corrected chi connectivity index (χ1v) is 6.23. The fourth-order valence-electron chi connectivity index (χ4n) is 2.14. The number of hydrogen-bond acceptors (Lipinski definition) is 2. The molecule has 88 valence electrons. The number of nitrogens with two attached hydrogens (primary N) is 1. The molecule has 0 aromatic heterocycles. The Hall–Kier alpha value is -0.570. The van der Waals surface area contributed by atoms with Crippen LogP contribution in [0.5, 0.6) is 0 Å². The standard InChI is InChI=1S/C12H24N2O/c1-2-12(8-6-9-12)14-11(15)7-4-3-5-10-13/h2-10,13H2,1H3,(H,14,15). The van der Waals surface area contributed by atoms with Crippen molar-refractivity contribution in [3.05, 3.63) is 0 Å². The highest BCUT2D eigenvalue weighted by Crippen LogP contribution is 2.34. The highest BCUT2D eigenvalue weighted by Gasteiger charge is 2.35. The highest BCUT2D eigenvalue weighted by atomic mass is 16.1. The second-order valence-electron chi connectivity index (χ2n) is 4.63. The number of unbranched alkanes of at least 4 members (excludes halogenated alkanes) is 2. The smallest absolute Gasteiger partial charge is 0.220 e. The van der Waals surface area contributed by atoms with Gasteiger partial charge in [-0.15, -0.1) is 0 Å². The molecule has 1 rings (SSSR count). The Balaban J connectivity index is 2.12. The number of rotatable bonds is 7. The molecule has 0 bridgehead atoms. The van der Waals surface area contributed by atoms with Gasteiger partial charge in [0.2, 0.25) is 5.91 Å². The Bertz CT molecular complexity index is 194. The molecule has 0 spiro atoms. The average Bonchev–Trinajstić information content (AvgIpc) is 2.18. The van der Waals surface area contributed by atoms with Gasteiger partial charge in [0.25, 0.3) is 0 Å². The molecule has 0 atom stereocenters. The third-order valence-corrected chi connectivity index (χ3v) is 3.50. The Morgan fingerprint density at radius 3 is 2.53 bits per heavy atom. The van der Waals surface area contributed by atoms with E-state index in [0.717, 1.165) is 45.1 Å². The van der Waals surface area contributed by atoms with Crippen LogP contribution in [0.25, 0.3) is 0 Å². The first kappa shape index (κ1) is 12.5. The minimum atomic E-state index is 0.158. The van der Waals surface area contributed by atoms with Gasteiger partial charge in [0.05, 0.1) is 0 Å². The lowest BCUT2D eigenvalue weighted by Gasteiger charge is -2.42. The van der Waals surface area contributed by atoms with Crippen molar-refractivity contribution in [2.24, 2.45) is 5.73 Å². The average molecular weight is 212 g/mol. The van der Waals surface area contributed by atoms with E-state index in [1.807, 2.05) is 0 Å². The molecule has 1 saturated carbocycles. The summed E-state index contributed by atoms with van der Waals surface area (Å²) in [5.74, 6) is 0.230. The normalized spacial score (nSPS) is 18.3. The summed E-state index contributed by atoms with van der Waals surface area (Å²) in [6.07, 6.45) is 8.42. The summed E-state index contributed by atoms with van der Waals surface area (Å²) in [7, 11) is 0. The zero-order valence-electron chi connectivity index (χ0n) is 9.85. The number of hydrogen-bond donors (Lipinski definition) is 2. The minimum absolute atomic E-state index is 0.158. The Labute approximate surface area is 92.8 Å². The molecule has 0 aromatic rings. The molecule has 15 heavy (non-hydrogen) atoms. The van der Waals surface area contributed by atoms with Crippen LogP contribution in [0.1, 0.15) is 58.3 Å². The molecular formula is C12H24N2O. The van der Waals surface area contributed by atoms with Gasteiger partial charge >= 0.3 is 0 Å². The molecule has 0 unspecified atom stereocenters. The van der Waals surface area contributed by atoms with Crippen LogP contribution >= 0.6 is 0 Å². The van der Waals surface area contributed by atoms with Gasteiger partial charge in [-0.1, -0.05) is 13.3 Å². The van der Waals surface area contributed by atoms with Crippen molar-refractivity contribution in [1.82, 2.24) is 5.32 Å².